The second-order valence-electron chi connectivity index (χ2n) is 4.21. The quantitative estimate of drug-likeness (QED) is 0.809. The SMILES string of the molecule is CNS(=O)(=O)c1ccc(N)c(N(C)CCC(F)(F)F)c1. The van der Waals surface area contributed by atoms with Crippen LogP contribution in [0.1, 0.15) is 6.42 Å². The smallest absolute Gasteiger partial charge is 0.390 e. The molecule has 0 aromatic heterocycles. The molecule has 0 aliphatic heterocycles. The van der Waals surface area contributed by atoms with Crippen LogP contribution in [0.15, 0.2) is 23.1 Å². The van der Waals surface area contributed by atoms with Gasteiger partial charge in [0, 0.05) is 13.6 Å². The van der Waals surface area contributed by atoms with Crippen molar-refractivity contribution in [2.45, 2.75) is 17.5 Å². The highest BCUT2D eigenvalue weighted by molar-refractivity contribution is 7.89. The number of nitrogen functional groups attached to an aromatic ring is 1. The summed E-state index contributed by atoms with van der Waals surface area (Å²) in [4.78, 5) is 1.22. The van der Waals surface area contributed by atoms with Crippen LogP contribution in [-0.2, 0) is 10.0 Å². The highest BCUT2D eigenvalue weighted by Gasteiger charge is 2.27. The van der Waals surface area contributed by atoms with Gasteiger partial charge in [-0.05, 0) is 25.2 Å². The first-order chi connectivity index (χ1) is 9.07. The van der Waals surface area contributed by atoms with Gasteiger partial charge in [0.15, 0.2) is 0 Å². The van der Waals surface area contributed by atoms with Crippen LogP contribution in [0.2, 0.25) is 0 Å². The molecule has 0 unspecified atom stereocenters. The maximum Gasteiger partial charge on any atom is 0.390 e. The molecule has 1 aromatic rings. The third-order valence-electron chi connectivity index (χ3n) is 2.72. The minimum Gasteiger partial charge on any atom is -0.397 e. The predicted molar refractivity (Wildman–Crippen MR) is 71.0 cm³/mol. The van der Waals surface area contributed by atoms with Gasteiger partial charge in [0.2, 0.25) is 10.0 Å². The summed E-state index contributed by atoms with van der Waals surface area (Å²) in [6.45, 7) is -0.309. The molecule has 0 heterocycles. The Morgan fingerprint density at radius 1 is 1.35 bits per heavy atom. The highest BCUT2D eigenvalue weighted by atomic mass is 32.2. The zero-order valence-corrected chi connectivity index (χ0v) is 11.8. The summed E-state index contributed by atoms with van der Waals surface area (Å²) < 4.78 is 62.0. The molecule has 1 aromatic carbocycles. The number of anilines is 2. The van der Waals surface area contributed by atoms with Crippen LogP contribution in [0.25, 0.3) is 0 Å². The first kappa shape index (κ1) is 16.6. The molecule has 0 spiro atoms. The van der Waals surface area contributed by atoms with Gasteiger partial charge in [-0.15, -0.1) is 0 Å². The largest absolute Gasteiger partial charge is 0.397 e. The predicted octanol–water partition coefficient (Wildman–Crippen LogP) is 1.57. The van der Waals surface area contributed by atoms with Crippen molar-refractivity contribution in [3.63, 3.8) is 0 Å². The van der Waals surface area contributed by atoms with Gasteiger partial charge in [-0.2, -0.15) is 13.2 Å². The molecule has 20 heavy (non-hydrogen) atoms. The topological polar surface area (TPSA) is 75.4 Å². The fourth-order valence-corrected chi connectivity index (χ4v) is 2.30. The normalized spacial score (nSPS) is 12.4. The van der Waals surface area contributed by atoms with Gasteiger partial charge >= 0.3 is 6.18 Å². The summed E-state index contributed by atoms with van der Waals surface area (Å²) in [5.74, 6) is 0. The molecule has 5 nitrogen and oxygen atoms in total. The van der Waals surface area contributed by atoms with E-state index in [1.54, 1.807) is 0 Å². The number of nitrogens with zero attached hydrogens (tertiary/aromatic N) is 1. The summed E-state index contributed by atoms with van der Waals surface area (Å²) in [5, 5.41) is 0. The Morgan fingerprint density at radius 2 is 1.95 bits per heavy atom. The van der Waals surface area contributed by atoms with Crippen molar-refractivity contribution in [3.05, 3.63) is 18.2 Å². The Labute approximate surface area is 115 Å². The van der Waals surface area contributed by atoms with Crippen LogP contribution in [0.5, 0.6) is 0 Å². The molecule has 0 saturated heterocycles. The molecule has 114 valence electrons. The zero-order chi connectivity index (χ0) is 15.6. The van der Waals surface area contributed by atoms with Crippen LogP contribution >= 0.6 is 0 Å². The van der Waals surface area contributed by atoms with Crippen molar-refractivity contribution in [2.24, 2.45) is 0 Å². The van der Waals surface area contributed by atoms with E-state index in [9.17, 15) is 21.6 Å². The lowest BCUT2D eigenvalue weighted by molar-refractivity contribution is -0.132. The molecule has 0 fully saturated rings. The first-order valence-corrected chi connectivity index (χ1v) is 7.16. The van der Waals surface area contributed by atoms with E-state index in [1.165, 1.54) is 37.2 Å². The van der Waals surface area contributed by atoms with Gasteiger partial charge in [0.05, 0.1) is 22.7 Å². The van der Waals surface area contributed by atoms with E-state index < -0.39 is 22.6 Å². The molecule has 0 atom stereocenters. The Hall–Kier alpha value is -1.48. The molecule has 0 saturated carbocycles. The Kier molecular flexibility index (Phi) is 4.87. The summed E-state index contributed by atoms with van der Waals surface area (Å²) >= 11 is 0. The van der Waals surface area contributed by atoms with Crippen molar-refractivity contribution in [1.29, 1.82) is 0 Å². The lowest BCUT2D eigenvalue weighted by Crippen LogP contribution is -2.25. The third kappa shape index (κ3) is 4.27. The molecule has 0 aliphatic rings. The summed E-state index contributed by atoms with van der Waals surface area (Å²) in [6.07, 6.45) is -5.29. The van der Waals surface area contributed by atoms with Gasteiger partial charge in [-0.25, -0.2) is 13.1 Å². The third-order valence-corrected chi connectivity index (χ3v) is 4.13. The monoisotopic (exact) mass is 311 g/mol. The molecular formula is C11H16F3N3O2S. The minimum absolute atomic E-state index is 0.0527. The van der Waals surface area contributed by atoms with Crippen molar-refractivity contribution < 1.29 is 21.6 Å². The standard InChI is InChI=1S/C11H16F3N3O2S/c1-16-20(18,19)8-3-4-9(15)10(7-8)17(2)6-5-11(12,13)14/h3-4,7,16H,5-6,15H2,1-2H3. The molecule has 0 radical (unpaired) electrons. The van der Waals surface area contributed by atoms with E-state index in [0.717, 1.165) is 0 Å². The Morgan fingerprint density at radius 3 is 2.45 bits per heavy atom. The number of benzene rings is 1. The van der Waals surface area contributed by atoms with E-state index in [-0.39, 0.29) is 22.8 Å². The van der Waals surface area contributed by atoms with Crippen LogP contribution in [-0.4, -0.2) is 35.2 Å². The van der Waals surface area contributed by atoms with Crippen molar-refractivity contribution in [1.82, 2.24) is 4.72 Å². The number of alkyl halides is 3. The van der Waals surface area contributed by atoms with Crippen LogP contribution in [0.3, 0.4) is 0 Å². The van der Waals surface area contributed by atoms with Crippen LogP contribution in [0.4, 0.5) is 24.5 Å². The summed E-state index contributed by atoms with van der Waals surface area (Å²) in [6, 6.07) is 3.89. The molecule has 9 heteroatoms. The first-order valence-electron chi connectivity index (χ1n) is 5.68. The average molecular weight is 311 g/mol. The number of halogens is 3. The van der Waals surface area contributed by atoms with E-state index in [2.05, 4.69) is 4.72 Å². The molecule has 3 N–H and O–H groups in total. The Bertz CT molecular complexity index is 573. The number of nitrogens with one attached hydrogen (secondary N) is 1. The number of hydrogen-bond acceptors (Lipinski definition) is 4. The van der Waals surface area contributed by atoms with Gasteiger partial charge in [-0.3, -0.25) is 0 Å². The lowest BCUT2D eigenvalue weighted by Gasteiger charge is -2.22. The molecule has 0 bridgehead atoms. The second-order valence-corrected chi connectivity index (χ2v) is 6.10. The maximum absolute atomic E-state index is 12.2. The summed E-state index contributed by atoms with van der Waals surface area (Å²) in [5.41, 5.74) is 6.13. The van der Waals surface area contributed by atoms with E-state index >= 15 is 0 Å². The zero-order valence-electron chi connectivity index (χ0n) is 11.0. The van der Waals surface area contributed by atoms with Gasteiger partial charge < -0.3 is 10.6 Å². The van der Waals surface area contributed by atoms with Crippen molar-refractivity contribution >= 4 is 21.4 Å². The molecule has 0 amide bonds. The number of hydrogen-bond donors (Lipinski definition) is 2. The van der Waals surface area contributed by atoms with Crippen LogP contribution in [0, 0.1) is 0 Å². The fraction of sp³-hybridized carbons (Fsp3) is 0.455. The molecule has 0 aliphatic carbocycles. The summed E-state index contributed by atoms with van der Waals surface area (Å²) in [7, 11) is -0.996. The maximum atomic E-state index is 12.2. The molecule has 1 rings (SSSR count). The van der Waals surface area contributed by atoms with E-state index in [4.69, 9.17) is 5.73 Å². The molecular weight excluding hydrogens is 295 g/mol. The lowest BCUT2D eigenvalue weighted by atomic mass is 10.2. The number of nitrogens with two attached hydrogens (primary N) is 1. The van der Waals surface area contributed by atoms with Crippen molar-refractivity contribution in [2.75, 3.05) is 31.3 Å². The van der Waals surface area contributed by atoms with E-state index in [1.807, 2.05) is 0 Å². The van der Waals surface area contributed by atoms with Gasteiger partial charge in [0.25, 0.3) is 0 Å². The Balaban J connectivity index is 3.03. The second kappa shape index (κ2) is 5.88. The number of rotatable bonds is 5. The van der Waals surface area contributed by atoms with Gasteiger partial charge in [-0.1, -0.05) is 0 Å². The average Bonchev–Trinajstić information content (AvgIpc) is 2.35. The number of sulfonamides is 1. The van der Waals surface area contributed by atoms with Crippen LogP contribution < -0.4 is 15.4 Å². The van der Waals surface area contributed by atoms with E-state index in [0.29, 0.717) is 0 Å². The fourth-order valence-electron chi connectivity index (χ4n) is 1.55. The highest BCUT2D eigenvalue weighted by Crippen LogP contribution is 2.27. The van der Waals surface area contributed by atoms with Gasteiger partial charge in [0.1, 0.15) is 0 Å². The minimum atomic E-state index is -4.28. The van der Waals surface area contributed by atoms with Crippen molar-refractivity contribution in [3.8, 4) is 0 Å².